The highest BCUT2D eigenvalue weighted by Crippen LogP contribution is 2.12. The smallest absolute Gasteiger partial charge is 0.408 e. The van der Waals surface area contributed by atoms with E-state index in [-0.39, 0.29) is 13.2 Å². The minimum absolute atomic E-state index is 0.111. The third-order valence-corrected chi connectivity index (χ3v) is 4.27. The van der Waals surface area contributed by atoms with Gasteiger partial charge in [-0.3, -0.25) is 9.59 Å². The van der Waals surface area contributed by atoms with Gasteiger partial charge >= 0.3 is 12.1 Å². The Morgan fingerprint density at radius 1 is 1.35 bits per heavy atom. The van der Waals surface area contributed by atoms with Gasteiger partial charge in [-0.15, -0.1) is 0 Å². The fraction of sp³-hybridized carbons (Fsp3) is 0.400. The summed E-state index contributed by atoms with van der Waals surface area (Å²) in [7, 11) is 0. The first-order valence-corrected chi connectivity index (χ1v) is 8.27. The molecule has 0 aliphatic carbocycles. The molecule has 1 heterocycles. The van der Waals surface area contributed by atoms with Crippen LogP contribution in [0.5, 0.6) is 0 Å². The number of carboxylic acid groups (broad SMARTS) is 1. The Morgan fingerprint density at radius 2 is 2.09 bits per heavy atom. The van der Waals surface area contributed by atoms with Gasteiger partial charge in [-0.05, 0) is 5.56 Å². The topological polar surface area (TPSA) is 95.9 Å². The molecule has 1 aliphatic rings. The van der Waals surface area contributed by atoms with E-state index in [1.165, 1.54) is 16.7 Å². The van der Waals surface area contributed by atoms with E-state index in [9.17, 15) is 14.4 Å². The molecule has 124 valence electrons. The normalized spacial score (nSPS) is 18.2. The van der Waals surface area contributed by atoms with Crippen LogP contribution in [-0.2, 0) is 20.9 Å². The molecule has 1 aromatic rings. The molecule has 1 aliphatic heterocycles. The third kappa shape index (κ3) is 5.48. The van der Waals surface area contributed by atoms with Crippen molar-refractivity contribution < 1.29 is 24.2 Å². The van der Waals surface area contributed by atoms with E-state index in [1.807, 2.05) is 30.3 Å². The number of carbonyl (C=O) groups is 3. The van der Waals surface area contributed by atoms with Gasteiger partial charge in [0.05, 0.1) is 0 Å². The summed E-state index contributed by atoms with van der Waals surface area (Å²) >= 11 is 1.49. The Labute approximate surface area is 138 Å². The predicted molar refractivity (Wildman–Crippen MR) is 85.1 cm³/mol. The Morgan fingerprint density at radius 3 is 2.78 bits per heavy atom. The van der Waals surface area contributed by atoms with Gasteiger partial charge in [-0.2, -0.15) is 11.8 Å². The van der Waals surface area contributed by atoms with Crippen LogP contribution in [0, 0.1) is 0 Å². The number of aliphatic carboxylic acids is 1. The molecule has 2 amide bonds. The first kappa shape index (κ1) is 17.1. The highest BCUT2D eigenvalue weighted by atomic mass is 32.2. The molecular formula is C15H18N2O5S. The molecule has 1 saturated heterocycles. The summed E-state index contributed by atoms with van der Waals surface area (Å²) in [5.74, 6) is -0.434. The van der Waals surface area contributed by atoms with Crippen LogP contribution >= 0.6 is 11.8 Å². The summed E-state index contributed by atoms with van der Waals surface area (Å²) in [6.45, 7) is 0.100. The van der Waals surface area contributed by atoms with E-state index < -0.39 is 24.0 Å². The quantitative estimate of drug-likeness (QED) is 0.829. The van der Waals surface area contributed by atoms with Crippen LogP contribution in [0.2, 0.25) is 0 Å². The summed E-state index contributed by atoms with van der Waals surface area (Å²) in [5.41, 5.74) is 0.844. The average molecular weight is 338 g/mol. The molecule has 1 unspecified atom stereocenters. The number of alkyl carbamates (subject to hydrolysis) is 1. The van der Waals surface area contributed by atoms with E-state index in [0.717, 1.165) is 5.56 Å². The van der Waals surface area contributed by atoms with Crippen molar-refractivity contribution in [3.63, 3.8) is 0 Å². The molecule has 1 atom stereocenters. The van der Waals surface area contributed by atoms with Crippen LogP contribution < -0.4 is 5.32 Å². The number of nitrogens with one attached hydrogen (secondary N) is 1. The number of rotatable bonds is 5. The Balaban J connectivity index is 1.87. The summed E-state index contributed by atoms with van der Waals surface area (Å²) in [5, 5.41) is 11.4. The zero-order valence-corrected chi connectivity index (χ0v) is 13.3. The minimum atomic E-state index is -1.07. The average Bonchev–Trinajstić information content (AvgIpc) is 2.69. The monoisotopic (exact) mass is 338 g/mol. The van der Waals surface area contributed by atoms with Gasteiger partial charge in [0.15, 0.2) is 0 Å². The first-order valence-electron chi connectivity index (χ1n) is 7.12. The van der Waals surface area contributed by atoms with Crippen molar-refractivity contribution in [3.05, 3.63) is 35.9 Å². The predicted octanol–water partition coefficient (Wildman–Crippen LogP) is 0.941. The second-order valence-corrected chi connectivity index (χ2v) is 6.14. The molecular weight excluding hydrogens is 320 g/mol. The molecule has 7 nitrogen and oxygen atoms in total. The highest BCUT2D eigenvalue weighted by Gasteiger charge is 2.30. The van der Waals surface area contributed by atoms with Crippen LogP contribution in [0.3, 0.4) is 0 Å². The largest absolute Gasteiger partial charge is 0.480 e. The lowest BCUT2D eigenvalue weighted by Gasteiger charge is -2.22. The lowest BCUT2D eigenvalue weighted by atomic mass is 10.2. The fourth-order valence-electron chi connectivity index (χ4n) is 2.11. The number of amides is 2. The first-order chi connectivity index (χ1) is 11.1. The number of carbonyl (C=O) groups excluding carboxylic acids is 2. The number of hydrogen-bond acceptors (Lipinski definition) is 5. The summed E-state index contributed by atoms with van der Waals surface area (Å²) < 4.78 is 5.09. The second kappa shape index (κ2) is 8.42. The second-order valence-electron chi connectivity index (χ2n) is 4.99. The van der Waals surface area contributed by atoms with Gasteiger partial charge in [0, 0.05) is 18.1 Å². The van der Waals surface area contributed by atoms with Gasteiger partial charge < -0.3 is 20.1 Å². The standard InChI is InChI=1S/C15H18N2O5S/c18-13(19)8-17-6-7-23-10-12(14(17)20)16-15(21)22-9-11-4-2-1-3-5-11/h1-5,12H,6-10H2,(H,16,21)(H,18,19). The van der Waals surface area contributed by atoms with Crippen LogP contribution in [0.15, 0.2) is 30.3 Å². The Hall–Kier alpha value is -2.22. The molecule has 0 radical (unpaired) electrons. The maximum Gasteiger partial charge on any atom is 0.408 e. The fourth-order valence-corrected chi connectivity index (χ4v) is 3.09. The Kier molecular flexibility index (Phi) is 6.28. The molecule has 8 heteroatoms. The highest BCUT2D eigenvalue weighted by molar-refractivity contribution is 7.99. The lowest BCUT2D eigenvalue weighted by molar-refractivity contribution is -0.144. The number of benzene rings is 1. The van der Waals surface area contributed by atoms with Crippen molar-refractivity contribution in [2.45, 2.75) is 12.6 Å². The molecule has 0 spiro atoms. The molecule has 23 heavy (non-hydrogen) atoms. The van der Waals surface area contributed by atoms with Crippen LogP contribution in [-0.4, -0.2) is 58.6 Å². The summed E-state index contributed by atoms with van der Waals surface area (Å²) in [6, 6.07) is 8.42. The minimum Gasteiger partial charge on any atom is -0.480 e. The number of hydrogen-bond donors (Lipinski definition) is 2. The zero-order valence-electron chi connectivity index (χ0n) is 12.4. The zero-order chi connectivity index (χ0) is 16.7. The van der Waals surface area contributed by atoms with E-state index in [4.69, 9.17) is 9.84 Å². The maximum absolute atomic E-state index is 12.3. The molecule has 1 aromatic carbocycles. The summed E-state index contributed by atoms with van der Waals surface area (Å²) in [6.07, 6.45) is -0.690. The molecule has 0 aromatic heterocycles. The van der Waals surface area contributed by atoms with E-state index in [0.29, 0.717) is 18.1 Å². The number of thioether (sulfide) groups is 1. The van der Waals surface area contributed by atoms with Crippen LogP contribution in [0.1, 0.15) is 5.56 Å². The molecule has 2 rings (SSSR count). The number of carboxylic acids is 1. The molecule has 0 saturated carbocycles. The van der Waals surface area contributed by atoms with Gasteiger partial charge in [0.2, 0.25) is 5.91 Å². The van der Waals surface area contributed by atoms with E-state index in [1.54, 1.807) is 0 Å². The van der Waals surface area contributed by atoms with E-state index in [2.05, 4.69) is 5.32 Å². The van der Waals surface area contributed by atoms with Crippen LogP contribution in [0.25, 0.3) is 0 Å². The van der Waals surface area contributed by atoms with Crippen molar-refractivity contribution in [2.75, 3.05) is 24.6 Å². The third-order valence-electron chi connectivity index (χ3n) is 3.23. The van der Waals surface area contributed by atoms with Crippen LogP contribution in [0.4, 0.5) is 4.79 Å². The van der Waals surface area contributed by atoms with Gasteiger partial charge in [-0.25, -0.2) is 4.79 Å². The van der Waals surface area contributed by atoms with Crippen molar-refractivity contribution in [1.82, 2.24) is 10.2 Å². The SMILES string of the molecule is O=C(O)CN1CCSCC(NC(=O)OCc2ccccc2)C1=O. The summed E-state index contributed by atoms with van der Waals surface area (Å²) in [4.78, 5) is 36.2. The maximum atomic E-state index is 12.3. The number of ether oxygens (including phenoxy) is 1. The van der Waals surface area contributed by atoms with Crippen molar-refractivity contribution >= 4 is 29.7 Å². The van der Waals surface area contributed by atoms with E-state index >= 15 is 0 Å². The molecule has 1 fully saturated rings. The lowest BCUT2D eigenvalue weighted by Crippen LogP contribution is -2.50. The molecule has 2 N–H and O–H groups in total. The molecule has 0 bridgehead atoms. The Bertz CT molecular complexity index is 566. The van der Waals surface area contributed by atoms with Gasteiger partial charge in [0.1, 0.15) is 19.2 Å². The number of nitrogens with zero attached hydrogens (tertiary/aromatic N) is 1. The van der Waals surface area contributed by atoms with Gasteiger partial charge in [0.25, 0.3) is 0 Å². The van der Waals surface area contributed by atoms with Crippen molar-refractivity contribution in [1.29, 1.82) is 0 Å². The van der Waals surface area contributed by atoms with Gasteiger partial charge in [-0.1, -0.05) is 30.3 Å². The van der Waals surface area contributed by atoms with Crippen molar-refractivity contribution in [3.8, 4) is 0 Å². The van der Waals surface area contributed by atoms with Crippen molar-refractivity contribution in [2.24, 2.45) is 0 Å².